The Morgan fingerprint density at radius 3 is 1.93 bits per heavy atom. The summed E-state index contributed by atoms with van der Waals surface area (Å²) in [4.78, 5) is 12.6. The highest BCUT2D eigenvalue weighted by Gasteiger charge is 2.52. The predicted molar refractivity (Wildman–Crippen MR) is 112 cm³/mol. The number of benzene rings is 2. The van der Waals surface area contributed by atoms with E-state index in [0.29, 0.717) is 29.0 Å². The van der Waals surface area contributed by atoms with Crippen molar-refractivity contribution in [2.45, 2.75) is 49.0 Å². The van der Waals surface area contributed by atoms with Crippen LogP contribution in [0.25, 0.3) is 0 Å². The summed E-state index contributed by atoms with van der Waals surface area (Å²) in [5.41, 5.74) is 0.872. The van der Waals surface area contributed by atoms with Gasteiger partial charge in [0.1, 0.15) is 0 Å². The van der Waals surface area contributed by atoms with Crippen molar-refractivity contribution < 1.29 is 13.2 Å². The molecule has 6 heteroatoms. The van der Waals surface area contributed by atoms with Crippen LogP contribution in [0.3, 0.4) is 0 Å². The second-order valence-corrected chi connectivity index (χ2v) is 10.8. The number of hydrogen-bond donors (Lipinski definition) is 2. The van der Waals surface area contributed by atoms with Crippen molar-refractivity contribution >= 4 is 21.6 Å². The summed E-state index contributed by atoms with van der Waals surface area (Å²) in [5, 5.41) is 2.82. The number of rotatable bonds is 5. The molecule has 4 fully saturated rings. The number of carbonyl (C=O) groups is 1. The van der Waals surface area contributed by atoms with E-state index < -0.39 is 10.0 Å². The number of amides is 1. The van der Waals surface area contributed by atoms with Crippen LogP contribution in [-0.4, -0.2) is 19.9 Å². The highest BCUT2D eigenvalue weighted by molar-refractivity contribution is 7.89. The predicted octanol–water partition coefficient (Wildman–Crippen LogP) is 4.19. The Labute approximate surface area is 172 Å². The van der Waals surface area contributed by atoms with E-state index in [0.717, 1.165) is 19.3 Å². The fourth-order valence-corrected chi connectivity index (χ4v) is 7.52. The third-order valence-electron chi connectivity index (χ3n) is 6.85. The maximum Gasteiger partial charge on any atom is 0.255 e. The minimum atomic E-state index is -3.61. The van der Waals surface area contributed by atoms with Gasteiger partial charge >= 0.3 is 0 Å². The molecule has 4 saturated carbocycles. The van der Waals surface area contributed by atoms with E-state index in [1.165, 1.54) is 31.4 Å². The molecule has 0 saturated heterocycles. The van der Waals surface area contributed by atoms with Gasteiger partial charge in [-0.05, 0) is 92.7 Å². The number of hydrogen-bond acceptors (Lipinski definition) is 3. The van der Waals surface area contributed by atoms with Crippen LogP contribution in [0.15, 0.2) is 59.5 Å². The molecule has 0 aliphatic heterocycles. The molecular weight excluding hydrogens is 384 g/mol. The lowest BCUT2D eigenvalue weighted by Gasteiger charge is -2.56. The van der Waals surface area contributed by atoms with Gasteiger partial charge in [-0.2, -0.15) is 0 Å². The highest BCUT2D eigenvalue weighted by atomic mass is 32.2. The molecule has 4 aliphatic rings. The fourth-order valence-electron chi connectivity index (χ4n) is 6.09. The monoisotopic (exact) mass is 410 g/mol. The zero-order chi connectivity index (χ0) is 20.1. The zero-order valence-corrected chi connectivity index (χ0v) is 17.1. The van der Waals surface area contributed by atoms with Crippen LogP contribution in [0, 0.1) is 17.8 Å². The second kappa shape index (κ2) is 6.96. The first-order valence-electron chi connectivity index (χ1n) is 10.4. The first-order chi connectivity index (χ1) is 13.9. The average Bonchev–Trinajstić information content (AvgIpc) is 2.67. The van der Waals surface area contributed by atoms with E-state index in [1.807, 2.05) is 30.3 Å². The van der Waals surface area contributed by atoms with E-state index in [9.17, 15) is 13.2 Å². The normalized spacial score (nSPS) is 30.3. The maximum absolute atomic E-state index is 13.1. The van der Waals surface area contributed by atoms with Crippen molar-refractivity contribution in [3.05, 3.63) is 60.2 Å². The zero-order valence-electron chi connectivity index (χ0n) is 16.3. The molecule has 4 aliphatic carbocycles. The second-order valence-electron chi connectivity index (χ2n) is 9.15. The van der Waals surface area contributed by atoms with Crippen molar-refractivity contribution in [2.75, 3.05) is 5.32 Å². The molecule has 1 amide bonds. The number of carbonyl (C=O) groups excluding carboxylic acids is 1. The number of para-hydroxylation sites is 1. The summed E-state index contributed by atoms with van der Waals surface area (Å²) in [5.74, 6) is 1.77. The summed E-state index contributed by atoms with van der Waals surface area (Å²) in [6.45, 7) is 0. The van der Waals surface area contributed by atoms with Crippen molar-refractivity contribution in [1.29, 1.82) is 0 Å². The van der Waals surface area contributed by atoms with Crippen molar-refractivity contribution in [3.8, 4) is 0 Å². The van der Waals surface area contributed by atoms with Crippen LogP contribution >= 0.6 is 0 Å². The lowest BCUT2D eigenvalue weighted by atomic mass is 9.53. The van der Waals surface area contributed by atoms with Gasteiger partial charge in [0.25, 0.3) is 5.91 Å². The van der Waals surface area contributed by atoms with Crippen LogP contribution in [-0.2, 0) is 10.0 Å². The maximum atomic E-state index is 13.1. The molecule has 0 radical (unpaired) electrons. The van der Waals surface area contributed by atoms with Gasteiger partial charge in [0.05, 0.1) is 4.90 Å². The van der Waals surface area contributed by atoms with Crippen LogP contribution in [0.2, 0.25) is 0 Å². The Hall–Kier alpha value is -2.18. The van der Waals surface area contributed by atoms with Gasteiger partial charge in [-0.15, -0.1) is 0 Å². The van der Waals surface area contributed by atoms with Gasteiger partial charge in [-0.3, -0.25) is 4.79 Å². The summed E-state index contributed by atoms with van der Waals surface area (Å²) >= 11 is 0. The van der Waals surface area contributed by atoms with E-state index in [-0.39, 0.29) is 16.3 Å². The van der Waals surface area contributed by atoms with Crippen molar-refractivity contribution in [2.24, 2.45) is 17.8 Å². The molecule has 5 nitrogen and oxygen atoms in total. The van der Waals surface area contributed by atoms with E-state index in [4.69, 9.17) is 0 Å². The quantitative estimate of drug-likeness (QED) is 0.776. The lowest BCUT2D eigenvalue weighted by Crippen LogP contribution is -2.59. The van der Waals surface area contributed by atoms with Crippen LogP contribution < -0.4 is 10.0 Å². The standard InChI is InChI=1S/C23H26N2O3S/c26-22(24-20-4-2-1-3-5-20)19-6-8-21(9-7-19)29(27,28)25-23-13-16-10-17(14-23)12-18(11-16)15-23/h1-9,16-18,25H,10-15H2,(H,24,26). The number of nitrogens with one attached hydrogen (secondary N) is 2. The summed E-state index contributed by atoms with van der Waals surface area (Å²) in [7, 11) is -3.61. The van der Waals surface area contributed by atoms with Gasteiger partial charge < -0.3 is 5.32 Å². The Morgan fingerprint density at radius 2 is 1.38 bits per heavy atom. The average molecular weight is 411 g/mol. The molecule has 2 N–H and O–H groups in total. The van der Waals surface area contributed by atoms with Gasteiger partial charge in [0.15, 0.2) is 0 Å². The summed E-state index contributed by atoms with van der Waals surface area (Å²) < 4.78 is 29.2. The molecule has 0 heterocycles. The SMILES string of the molecule is O=C(Nc1ccccc1)c1ccc(S(=O)(=O)NC23CC4CC(CC(C4)C2)C3)cc1. The number of anilines is 1. The fraction of sp³-hybridized carbons (Fsp3) is 0.435. The topological polar surface area (TPSA) is 75.3 Å². The smallest absolute Gasteiger partial charge is 0.255 e. The van der Waals surface area contributed by atoms with E-state index >= 15 is 0 Å². The number of sulfonamides is 1. The molecule has 152 valence electrons. The minimum Gasteiger partial charge on any atom is -0.322 e. The largest absolute Gasteiger partial charge is 0.322 e. The highest BCUT2D eigenvalue weighted by Crippen LogP contribution is 2.55. The van der Waals surface area contributed by atoms with Gasteiger partial charge in [0.2, 0.25) is 10.0 Å². The molecule has 0 spiro atoms. The Morgan fingerprint density at radius 1 is 0.828 bits per heavy atom. The molecule has 29 heavy (non-hydrogen) atoms. The molecule has 2 aromatic carbocycles. The molecule has 0 atom stereocenters. The Bertz CT molecular complexity index is 981. The Balaban J connectivity index is 1.31. The van der Waals surface area contributed by atoms with Gasteiger partial charge in [0, 0.05) is 16.8 Å². The molecule has 2 aromatic rings. The first-order valence-corrected chi connectivity index (χ1v) is 11.9. The molecular formula is C23H26N2O3S. The lowest BCUT2D eigenvalue weighted by molar-refractivity contribution is -0.00810. The van der Waals surface area contributed by atoms with Crippen LogP contribution in [0.1, 0.15) is 48.9 Å². The Kier molecular flexibility index (Phi) is 4.51. The van der Waals surface area contributed by atoms with Crippen LogP contribution in [0.5, 0.6) is 0 Å². The van der Waals surface area contributed by atoms with Gasteiger partial charge in [-0.1, -0.05) is 18.2 Å². The molecule has 4 bridgehead atoms. The molecule has 0 unspecified atom stereocenters. The first kappa shape index (κ1) is 18.8. The van der Waals surface area contributed by atoms with Crippen molar-refractivity contribution in [1.82, 2.24) is 4.72 Å². The minimum absolute atomic E-state index is 0.226. The van der Waals surface area contributed by atoms with E-state index in [2.05, 4.69) is 10.0 Å². The summed E-state index contributed by atoms with van der Waals surface area (Å²) in [6, 6.07) is 15.4. The summed E-state index contributed by atoms with van der Waals surface area (Å²) in [6.07, 6.45) is 6.71. The third kappa shape index (κ3) is 3.71. The van der Waals surface area contributed by atoms with Crippen molar-refractivity contribution in [3.63, 3.8) is 0 Å². The molecule has 0 aromatic heterocycles. The van der Waals surface area contributed by atoms with E-state index in [1.54, 1.807) is 12.1 Å². The third-order valence-corrected chi connectivity index (χ3v) is 8.44. The molecule has 6 rings (SSSR count). The van der Waals surface area contributed by atoms with Gasteiger partial charge in [-0.25, -0.2) is 13.1 Å². The van der Waals surface area contributed by atoms with Crippen LogP contribution in [0.4, 0.5) is 5.69 Å².